The third-order valence-electron chi connectivity index (χ3n) is 12.3. The molecule has 0 N–H and O–H groups in total. The Morgan fingerprint density at radius 1 is 0.288 bits per heavy atom. The van der Waals surface area contributed by atoms with E-state index in [0.29, 0.717) is 17.5 Å². The fourth-order valence-corrected chi connectivity index (χ4v) is 9.74. The molecule has 0 saturated heterocycles. The van der Waals surface area contributed by atoms with E-state index >= 15 is 0 Å². The molecule has 13 aromatic rings. The van der Waals surface area contributed by atoms with E-state index in [4.69, 9.17) is 15.0 Å². The Hall–Kier alpha value is -7.95. The minimum absolute atomic E-state index is 0.640. The lowest BCUT2D eigenvalue weighted by Gasteiger charge is -2.15. The maximum absolute atomic E-state index is 5.29. The van der Waals surface area contributed by atoms with Gasteiger partial charge in [0.1, 0.15) is 0 Å². The van der Waals surface area contributed by atoms with E-state index < -0.39 is 0 Å². The van der Waals surface area contributed by atoms with Gasteiger partial charge in [0, 0.05) is 38.2 Å². The fraction of sp³-hybridized carbons (Fsp3) is 0. The molecule has 0 aliphatic rings. The van der Waals surface area contributed by atoms with Gasteiger partial charge in [-0.25, -0.2) is 15.0 Å². The van der Waals surface area contributed by atoms with Crippen LogP contribution in [0.15, 0.2) is 194 Å². The van der Waals surface area contributed by atoms with Crippen LogP contribution in [-0.4, -0.2) is 19.5 Å². The van der Waals surface area contributed by atoms with Crippen LogP contribution >= 0.6 is 0 Å². The molecule has 11 aromatic carbocycles. The molecule has 0 spiro atoms. The normalized spacial score (nSPS) is 12.1. The average Bonchev–Trinajstić information content (AvgIpc) is 3.64. The van der Waals surface area contributed by atoms with Gasteiger partial charge in [-0.1, -0.05) is 164 Å². The molecule has 0 aliphatic heterocycles. The van der Waals surface area contributed by atoms with E-state index in [-0.39, 0.29) is 0 Å². The summed E-state index contributed by atoms with van der Waals surface area (Å²) in [4.78, 5) is 15.6. The van der Waals surface area contributed by atoms with Crippen molar-refractivity contribution in [3.05, 3.63) is 194 Å². The van der Waals surface area contributed by atoms with Gasteiger partial charge in [-0.2, -0.15) is 0 Å². The molecule has 2 heterocycles. The van der Waals surface area contributed by atoms with Crippen molar-refractivity contribution < 1.29 is 0 Å². The highest BCUT2D eigenvalue weighted by atomic mass is 15.0. The zero-order chi connectivity index (χ0) is 38.6. The van der Waals surface area contributed by atoms with Crippen LogP contribution in [0.1, 0.15) is 0 Å². The summed E-state index contributed by atoms with van der Waals surface area (Å²) in [5.74, 6) is 1.92. The highest BCUT2D eigenvalue weighted by Gasteiger charge is 2.23. The van der Waals surface area contributed by atoms with Crippen LogP contribution < -0.4 is 0 Å². The predicted molar refractivity (Wildman–Crippen MR) is 247 cm³/mol. The van der Waals surface area contributed by atoms with Crippen molar-refractivity contribution in [3.63, 3.8) is 0 Å². The molecule has 13 rings (SSSR count). The van der Waals surface area contributed by atoms with E-state index in [0.717, 1.165) is 33.2 Å². The summed E-state index contributed by atoms with van der Waals surface area (Å²) < 4.78 is 2.48. The van der Waals surface area contributed by atoms with Gasteiger partial charge in [0.25, 0.3) is 0 Å². The molecule has 2 aromatic heterocycles. The second kappa shape index (κ2) is 12.3. The summed E-state index contributed by atoms with van der Waals surface area (Å²) in [6.07, 6.45) is 0. The Balaban J connectivity index is 1.08. The highest BCUT2D eigenvalue weighted by molar-refractivity contribution is 6.39. The number of aromatic nitrogens is 4. The van der Waals surface area contributed by atoms with Crippen LogP contribution in [0, 0.1) is 0 Å². The molecular formula is C55H32N4. The third kappa shape index (κ3) is 4.69. The number of nitrogens with zero attached hydrogens (tertiary/aromatic N) is 4. The molecule has 0 aliphatic carbocycles. The highest BCUT2D eigenvalue weighted by Crippen LogP contribution is 2.47. The second-order valence-corrected chi connectivity index (χ2v) is 15.5. The lowest BCUT2D eigenvalue weighted by atomic mass is 9.91. The Kier molecular flexibility index (Phi) is 6.69. The predicted octanol–water partition coefficient (Wildman–Crippen LogP) is 14.3. The van der Waals surface area contributed by atoms with Gasteiger partial charge < -0.3 is 4.57 Å². The van der Waals surface area contributed by atoms with Crippen LogP contribution in [0.4, 0.5) is 0 Å². The van der Waals surface area contributed by atoms with Crippen molar-refractivity contribution in [3.8, 4) is 39.9 Å². The van der Waals surface area contributed by atoms with Crippen molar-refractivity contribution >= 4 is 86.4 Å². The Bertz CT molecular complexity index is 3840. The maximum atomic E-state index is 5.29. The van der Waals surface area contributed by atoms with Crippen molar-refractivity contribution in [1.82, 2.24) is 19.5 Å². The minimum atomic E-state index is 0.640. The van der Waals surface area contributed by atoms with Crippen molar-refractivity contribution in [2.24, 2.45) is 0 Å². The standard InChI is InChI=1S/C55H32N4/c1-2-14-35(15-3-1)53-56-54(37-28-27-34-26-25-33-13-4-6-17-38(33)46(34)31-37)58-55(57-53)45-29-30-47(42-21-10-8-19-40(42)45)59-48-24-12-23-44-41-20-9-11-22-43(41)50-39-18-7-5-16-36(39)32-49(59)52(50)51(44)48/h1-32H. The molecule has 0 atom stereocenters. The van der Waals surface area contributed by atoms with Gasteiger partial charge in [-0.15, -0.1) is 0 Å². The Morgan fingerprint density at radius 2 is 0.881 bits per heavy atom. The van der Waals surface area contributed by atoms with E-state index in [1.54, 1.807) is 0 Å². The van der Waals surface area contributed by atoms with Crippen molar-refractivity contribution in [2.75, 3.05) is 0 Å². The molecule has 59 heavy (non-hydrogen) atoms. The molecule has 4 nitrogen and oxygen atoms in total. The summed E-state index contributed by atoms with van der Waals surface area (Å²) in [5.41, 5.74) is 6.37. The first-order chi connectivity index (χ1) is 29.3. The molecule has 272 valence electrons. The lowest BCUT2D eigenvalue weighted by molar-refractivity contribution is 1.08. The van der Waals surface area contributed by atoms with Crippen LogP contribution in [0.2, 0.25) is 0 Å². The molecule has 0 fully saturated rings. The summed E-state index contributed by atoms with van der Waals surface area (Å²) in [6.45, 7) is 0. The SMILES string of the molecule is c1ccc(-c2nc(-c3ccc4ccc5ccccc5c4c3)nc(-c3ccc(-n4c5cccc6c7ccccc7c7c8ccccc8cc4c7c65)c4ccccc34)n2)cc1. The number of hydrogen-bond donors (Lipinski definition) is 0. The Labute approximate surface area is 338 Å². The second-order valence-electron chi connectivity index (χ2n) is 15.5. The van der Waals surface area contributed by atoms with E-state index in [1.807, 2.05) is 18.2 Å². The van der Waals surface area contributed by atoms with Crippen LogP contribution in [0.5, 0.6) is 0 Å². The first-order valence-electron chi connectivity index (χ1n) is 20.1. The monoisotopic (exact) mass is 748 g/mol. The molecule has 0 radical (unpaired) electrons. The minimum Gasteiger partial charge on any atom is -0.309 e. The smallest absolute Gasteiger partial charge is 0.164 e. The van der Waals surface area contributed by atoms with Crippen LogP contribution in [0.3, 0.4) is 0 Å². The zero-order valence-electron chi connectivity index (χ0n) is 31.8. The topological polar surface area (TPSA) is 43.6 Å². The number of rotatable bonds is 4. The van der Waals surface area contributed by atoms with E-state index in [1.165, 1.54) is 75.7 Å². The number of benzene rings is 11. The average molecular weight is 749 g/mol. The van der Waals surface area contributed by atoms with Crippen LogP contribution in [-0.2, 0) is 0 Å². The molecule has 4 heteroatoms. The Morgan fingerprint density at radius 3 is 1.71 bits per heavy atom. The van der Waals surface area contributed by atoms with E-state index in [9.17, 15) is 0 Å². The fourth-order valence-electron chi connectivity index (χ4n) is 9.74. The first kappa shape index (κ1) is 32.2. The summed E-state index contributed by atoms with van der Waals surface area (Å²) in [6, 6.07) is 69.7. The lowest BCUT2D eigenvalue weighted by Crippen LogP contribution is -2.02. The molecule has 0 amide bonds. The van der Waals surface area contributed by atoms with Crippen molar-refractivity contribution in [2.45, 2.75) is 0 Å². The molecule has 0 bridgehead atoms. The first-order valence-corrected chi connectivity index (χ1v) is 20.1. The summed E-state index contributed by atoms with van der Waals surface area (Å²) in [7, 11) is 0. The van der Waals surface area contributed by atoms with Gasteiger partial charge in [0.05, 0.1) is 16.7 Å². The van der Waals surface area contributed by atoms with E-state index in [2.05, 4.69) is 180 Å². The quantitative estimate of drug-likeness (QED) is 0.168. The largest absolute Gasteiger partial charge is 0.309 e. The third-order valence-corrected chi connectivity index (χ3v) is 12.3. The maximum Gasteiger partial charge on any atom is 0.164 e. The van der Waals surface area contributed by atoms with Gasteiger partial charge in [-0.05, 0) is 84.2 Å². The number of hydrogen-bond acceptors (Lipinski definition) is 3. The summed E-state index contributed by atoms with van der Waals surface area (Å²) >= 11 is 0. The summed E-state index contributed by atoms with van der Waals surface area (Å²) in [5, 5.41) is 17.2. The van der Waals surface area contributed by atoms with Gasteiger partial charge >= 0.3 is 0 Å². The number of fused-ring (bicyclic) bond motifs is 9. The van der Waals surface area contributed by atoms with Gasteiger partial charge in [-0.3, -0.25) is 0 Å². The van der Waals surface area contributed by atoms with Crippen molar-refractivity contribution in [1.29, 1.82) is 0 Å². The molecular weight excluding hydrogens is 717 g/mol. The van der Waals surface area contributed by atoms with Gasteiger partial charge in [0.2, 0.25) is 0 Å². The molecule has 0 unspecified atom stereocenters. The molecule has 0 saturated carbocycles. The van der Waals surface area contributed by atoms with Gasteiger partial charge in [0.15, 0.2) is 17.5 Å². The van der Waals surface area contributed by atoms with Crippen LogP contribution in [0.25, 0.3) is 126 Å². The zero-order valence-corrected chi connectivity index (χ0v) is 31.8.